The fraction of sp³-hybridized carbons (Fsp3) is 0.290. The molecule has 1 unspecified atom stereocenters. The summed E-state index contributed by atoms with van der Waals surface area (Å²) in [5.41, 5.74) is 3.47. The zero-order valence-corrected chi connectivity index (χ0v) is 23.1. The average Bonchev–Trinajstić information content (AvgIpc) is 3.24. The molecule has 224 valence electrons. The zero-order valence-electron chi connectivity index (χ0n) is 23.1. The molecule has 5 rings (SSSR count). The molecule has 0 amide bonds. The van der Waals surface area contributed by atoms with Crippen LogP contribution in [0.4, 0.5) is 13.2 Å². The molecule has 12 heteroatoms. The Bertz CT molecular complexity index is 1580. The van der Waals surface area contributed by atoms with Crippen molar-refractivity contribution in [3.8, 4) is 34.8 Å². The number of rotatable bonds is 10. The Kier molecular flexibility index (Phi) is 8.92. The van der Waals surface area contributed by atoms with E-state index >= 15 is 0 Å². The molecule has 3 aromatic rings. The minimum atomic E-state index is -4.80. The van der Waals surface area contributed by atoms with Crippen molar-refractivity contribution < 1.29 is 42.0 Å². The van der Waals surface area contributed by atoms with E-state index in [1.165, 1.54) is 24.3 Å². The minimum absolute atomic E-state index is 0.0885. The largest absolute Gasteiger partial charge is 0.573 e. The van der Waals surface area contributed by atoms with Crippen molar-refractivity contribution >= 4 is 5.97 Å². The second-order valence-electron chi connectivity index (χ2n) is 9.71. The molecule has 9 nitrogen and oxygen atoms in total. The van der Waals surface area contributed by atoms with Gasteiger partial charge in [-0.25, -0.2) is 9.48 Å². The lowest BCUT2D eigenvalue weighted by molar-refractivity contribution is -0.274. The summed E-state index contributed by atoms with van der Waals surface area (Å²) in [5.74, 6) is 5.55. The van der Waals surface area contributed by atoms with Gasteiger partial charge in [-0.05, 0) is 67.1 Å². The van der Waals surface area contributed by atoms with Crippen LogP contribution in [0.2, 0.25) is 0 Å². The van der Waals surface area contributed by atoms with E-state index in [-0.39, 0.29) is 18.3 Å². The highest BCUT2D eigenvalue weighted by Gasteiger charge is 2.31. The first-order chi connectivity index (χ1) is 20.6. The number of hydrogen-bond donors (Lipinski definition) is 1. The van der Waals surface area contributed by atoms with Crippen LogP contribution in [0.1, 0.15) is 22.9 Å². The maximum atomic E-state index is 12.7. The van der Waals surface area contributed by atoms with Crippen LogP contribution < -0.4 is 14.2 Å². The maximum Gasteiger partial charge on any atom is 0.573 e. The lowest BCUT2D eigenvalue weighted by Gasteiger charge is -2.29. The molecule has 1 N–H and O–H groups in total. The van der Waals surface area contributed by atoms with Gasteiger partial charge in [-0.15, -0.1) is 13.2 Å². The molecule has 1 aliphatic carbocycles. The topological polar surface area (TPSA) is 95.3 Å². The zero-order chi connectivity index (χ0) is 30.4. The number of carbonyl (C=O) groups is 1. The van der Waals surface area contributed by atoms with Crippen LogP contribution in [0.25, 0.3) is 5.69 Å². The number of aromatic nitrogens is 2. The van der Waals surface area contributed by atoms with E-state index < -0.39 is 18.9 Å². The van der Waals surface area contributed by atoms with Crippen molar-refractivity contribution in [1.82, 2.24) is 14.7 Å². The molecular weight excluding hydrogens is 567 g/mol. The Balaban J connectivity index is 1.39. The molecule has 0 spiro atoms. The van der Waals surface area contributed by atoms with Gasteiger partial charge < -0.3 is 29.0 Å². The number of halogens is 3. The third-order valence-electron chi connectivity index (χ3n) is 6.60. The van der Waals surface area contributed by atoms with Crippen LogP contribution in [-0.4, -0.2) is 65.0 Å². The first-order valence-electron chi connectivity index (χ1n) is 13.4. The standard InChI is InChI=1S/C31H28F3N3O6/c1-21-17-27(11-12-29(21)42-20-30(38)39)41-19-23-18-28(22-3-2-4-24(6-5-22)36-13-15-40-16-14-36)37(35-23)25-7-9-26(10-8-25)43-31(32,33)34/h4-12,17-18,22H,13-16,19-20H2,1H3,(H,38,39). The highest BCUT2D eigenvalue weighted by molar-refractivity contribution is 5.68. The van der Waals surface area contributed by atoms with E-state index in [0.29, 0.717) is 47.4 Å². The number of ether oxygens (including phenoxy) is 4. The summed E-state index contributed by atoms with van der Waals surface area (Å²) >= 11 is 0. The van der Waals surface area contributed by atoms with Crippen molar-refractivity contribution in [1.29, 1.82) is 0 Å². The van der Waals surface area contributed by atoms with E-state index in [1.54, 1.807) is 29.8 Å². The number of aliphatic carboxylic acids is 1. The van der Waals surface area contributed by atoms with Gasteiger partial charge in [0.15, 0.2) is 6.61 Å². The van der Waals surface area contributed by atoms with Crippen LogP contribution >= 0.6 is 0 Å². The van der Waals surface area contributed by atoms with Crippen LogP contribution in [0, 0.1) is 18.8 Å². The number of nitrogens with zero attached hydrogens (tertiary/aromatic N) is 3. The van der Waals surface area contributed by atoms with E-state index in [9.17, 15) is 18.0 Å². The molecule has 2 heterocycles. The Morgan fingerprint density at radius 2 is 1.84 bits per heavy atom. The third kappa shape index (κ3) is 7.90. The average molecular weight is 596 g/mol. The van der Waals surface area contributed by atoms with Crippen LogP contribution in [0.15, 0.2) is 72.5 Å². The lowest BCUT2D eigenvalue weighted by atomic mass is 10.0. The molecule has 1 aliphatic heterocycles. The SMILES string of the molecule is Cc1cc(OCc2cc(C3C#CC=C(N4CCOCC4)C=C3)n(-c3ccc(OC(F)(F)F)cc3)n2)ccc1OCC(=O)O. The summed E-state index contributed by atoms with van der Waals surface area (Å²) in [5, 5.41) is 13.5. The van der Waals surface area contributed by atoms with Gasteiger partial charge in [0.05, 0.1) is 30.5 Å². The van der Waals surface area contributed by atoms with Gasteiger partial charge in [-0.1, -0.05) is 17.9 Å². The number of alkyl halides is 3. The first kappa shape index (κ1) is 29.6. The Morgan fingerprint density at radius 3 is 2.53 bits per heavy atom. The van der Waals surface area contributed by atoms with E-state index in [4.69, 9.17) is 24.4 Å². The smallest absolute Gasteiger partial charge is 0.487 e. The van der Waals surface area contributed by atoms with Crippen molar-refractivity contribution in [3.63, 3.8) is 0 Å². The number of carboxylic acid groups (broad SMARTS) is 1. The lowest BCUT2D eigenvalue weighted by Crippen LogP contribution is -2.35. The molecule has 2 aromatic carbocycles. The number of benzene rings is 2. The Hall–Kier alpha value is -4.89. The summed E-state index contributed by atoms with van der Waals surface area (Å²) in [7, 11) is 0. The van der Waals surface area contributed by atoms with Gasteiger partial charge in [0, 0.05) is 24.9 Å². The molecular formula is C31H28F3N3O6. The minimum Gasteiger partial charge on any atom is -0.487 e. The second-order valence-corrected chi connectivity index (χ2v) is 9.71. The van der Waals surface area contributed by atoms with Crippen LogP contribution in [0.3, 0.4) is 0 Å². The van der Waals surface area contributed by atoms with E-state index in [1.807, 2.05) is 24.3 Å². The fourth-order valence-corrected chi connectivity index (χ4v) is 4.59. The molecule has 1 fully saturated rings. The first-order valence-corrected chi connectivity index (χ1v) is 13.4. The fourth-order valence-electron chi connectivity index (χ4n) is 4.59. The van der Waals surface area contributed by atoms with E-state index in [2.05, 4.69) is 21.5 Å². The van der Waals surface area contributed by atoms with Crippen molar-refractivity contribution in [2.24, 2.45) is 0 Å². The number of allylic oxidation sites excluding steroid dienone is 3. The third-order valence-corrected chi connectivity index (χ3v) is 6.60. The van der Waals surface area contributed by atoms with Crippen molar-refractivity contribution in [2.45, 2.75) is 25.8 Å². The predicted octanol–water partition coefficient (Wildman–Crippen LogP) is 4.99. The highest BCUT2D eigenvalue weighted by atomic mass is 19.4. The molecule has 2 aliphatic rings. The maximum absolute atomic E-state index is 12.7. The summed E-state index contributed by atoms with van der Waals surface area (Å²) < 4.78 is 60.4. The summed E-state index contributed by atoms with van der Waals surface area (Å²) in [6, 6.07) is 12.3. The van der Waals surface area contributed by atoms with Gasteiger partial charge in [0.25, 0.3) is 0 Å². The Labute approximate surface area is 245 Å². The van der Waals surface area contributed by atoms with Crippen molar-refractivity contribution in [3.05, 3.63) is 89.4 Å². The van der Waals surface area contributed by atoms with Gasteiger partial charge in [-0.3, -0.25) is 0 Å². The van der Waals surface area contributed by atoms with Crippen LogP contribution in [0.5, 0.6) is 17.2 Å². The van der Waals surface area contributed by atoms with Gasteiger partial charge in [-0.2, -0.15) is 5.10 Å². The van der Waals surface area contributed by atoms with E-state index in [0.717, 1.165) is 18.8 Å². The van der Waals surface area contributed by atoms with Gasteiger partial charge in [0.1, 0.15) is 29.5 Å². The number of carboxylic acids is 1. The summed E-state index contributed by atoms with van der Waals surface area (Å²) in [6.45, 7) is 4.23. The number of morpholine rings is 1. The normalized spacial score (nSPS) is 16.5. The highest BCUT2D eigenvalue weighted by Crippen LogP contribution is 2.29. The van der Waals surface area contributed by atoms with Gasteiger partial charge in [0.2, 0.25) is 0 Å². The molecule has 0 saturated carbocycles. The molecule has 1 atom stereocenters. The van der Waals surface area contributed by atoms with Crippen molar-refractivity contribution in [2.75, 3.05) is 32.9 Å². The van der Waals surface area contributed by atoms with Crippen LogP contribution in [-0.2, 0) is 16.1 Å². The summed E-state index contributed by atoms with van der Waals surface area (Å²) in [4.78, 5) is 13.0. The molecule has 1 aromatic heterocycles. The molecule has 0 radical (unpaired) electrons. The second kappa shape index (κ2) is 13.0. The quantitative estimate of drug-likeness (QED) is 0.328. The molecule has 1 saturated heterocycles. The number of aryl methyl sites for hydroxylation is 1. The summed E-state index contributed by atoms with van der Waals surface area (Å²) in [6.07, 6.45) is 1.03. The van der Waals surface area contributed by atoms with Gasteiger partial charge >= 0.3 is 12.3 Å². The molecule has 0 bridgehead atoms. The number of hydrogen-bond acceptors (Lipinski definition) is 7. The monoisotopic (exact) mass is 595 g/mol. The Morgan fingerprint density at radius 1 is 1.09 bits per heavy atom. The predicted molar refractivity (Wildman–Crippen MR) is 149 cm³/mol. The molecule has 43 heavy (non-hydrogen) atoms.